The van der Waals surface area contributed by atoms with Crippen LogP contribution in [0.15, 0.2) is 85.2 Å². The normalized spacial score (nSPS) is 14.6. The highest BCUT2D eigenvalue weighted by molar-refractivity contribution is 5.44. The Morgan fingerprint density at radius 1 is 0.909 bits per heavy atom. The molecular formula is C25H19N3O5. The molecule has 0 spiro atoms. The lowest BCUT2D eigenvalue weighted by molar-refractivity contribution is -0.385. The first-order valence-corrected chi connectivity index (χ1v) is 10.4. The SMILES string of the molecule is O=[N+]([O-])c1ccc(Oc2ccc3c(c2)CCC(c2cccc(Oc4ccccn4)c2)O3)nc1. The fourth-order valence-electron chi connectivity index (χ4n) is 3.63. The van der Waals surface area contributed by atoms with Crippen molar-refractivity contribution in [3.8, 4) is 29.0 Å². The van der Waals surface area contributed by atoms with Gasteiger partial charge < -0.3 is 14.2 Å². The van der Waals surface area contributed by atoms with Gasteiger partial charge in [-0.3, -0.25) is 10.1 Å². The molecule has 33 heavy (non-hydrogen) atoms. The molecule has 0 saturated heterocycles. The second kappa shape index (κ2) is 8.96. The molecule has 1 aliphatic heterocycles. The van der Waals surface area contributed by atoms with Crippen LogP contribution in [0.1, 0.15) is 23.7 Å². The molecule has 2 aromatic carbocycles. The summed E-state index contributed by atoms with van der Waals surface area (Å²) in [5.41, 5.74) is 1.98. The summed E-state index contributed by atoms with van der Waals surface area (Å²) >= 11 is 0. The summed E-state index contributed by atoms with van der Waals surface area (Å²) in [6.07, 6.45) is 4.39. The third kappa shape index (κ3) is 4.74. The number of aryl methyl sites for hydroxylation is 1. The molecule has 0 amide bonds. The van der Waals surface area contributed by atoms with Crippen LogP contribution in [0, 0.1) is 10.1 Å². The van der Waals surface area contributed by atoms with Gasteiger partial charge in [0.1, 0.15) is 29.5 Å². The van der Waals surface area contributed by atoms with E-state index in [-0.39, 0.29) is 11.8 Å². The van der Waals surface area contributed by atoms with E-state index in [0.717, 1.165) is 29.7 Å². The van der Waals surface area contributed by atoms with Gasteiger partial charge in [-0.25, -0.2) is 9.97 Å². The first kappa shape index (κ1) is 20.4. The van der Waals surface area contributed by atoms with E-state index < -0.39 is 4.92 Å². The quantitative estimate of drug-likeness (QED) is 0.266. The zero-order chi connectivity index (χ0) is 22.6. The van der Waals surface area contributed by atoms with E-state index in [4.69, 9.17) is 14.2 Å². The lowest BCUT2D eigenvalue weighted by Crippen LogP contribution is -2.15. The van der Waals surface area contributed by atoms with Gasteiger partial charge in [-0.1, -0.05) is 18.2 Å². The van der Waals surface area contributed by atoms with Gasteiger partial charge in [-0.05, 0) is 60.4 Å². The Bertz CT molecular complexity index is 1280. The third-order valence-corrected chi connectivity index (χ3v) is 5.22. The van der Waals surface area contributed by atoms with Gasteiger partial charge in [0.2, 0.25) is 11.8 Å². The minimum absolute atomic E-state index is 0.0817. The molecule has 0 bridgehead atoms. The van der Waals surface area contributed by atoms with Crippen molar-refractivity contribution in [2.45, 2.75) is 18.9 Å². The topological polar surface area (TPSA) is 96.6 Å². The molecule has 0 saturated carbocycles. The smallest absolute Gasteiger partial charge is 0.287 e. The number of pyridine rings is 2. The van der Waals surface area contributed by atoms with Crippen molar-refractivity contribution in [1.82, 2.24) is 9.97 Å². The molecule has 3 heterocycles. The van der Waals surface area contributed by atoms with E-state index in [0.29, 0.717) is 23.3 Å². The van der Waals surface area contributed by atoms with Crippen LogP contribution < -0.4 is 14.2 Å². The third-order valence-electron chi connectivity index (χ3n) is 5.22. The summed E-state index contributed by atoms with van der Waals surface area (Å²) in [6.45, 7) is 0. The fraction of sp³-hybridized carbons (Fsp3) is 0.120. The Morgan fingerprint density at radius 2 is 1.76 bits per heavy atom. The van der Waals surface area contributed by atoms with Crippen LogP contribution in [0.25, 0.3) is 0 Å². The molecule has 2 aromatic heterocycles. The molecule has 0 aliphatic carbocycles. The molecule has 8 heteroatoms. The van der Waals surface area contributed by atoms with Crippen LogP contribution in [0.5, 0.6) is 29.0 Å². The number of aromatic nitrogens is 2. The molecule has 8 nitrogen and oxygen atoms in total. The van der Waals surface area contributed by atoms with Crippen LogP contribution in [-0.4, -0.2) is 14.9 Å². The summed E-state index contributed by atoms with van der Waals surface area (Å²) in [5.74, 6) is 2.94. The van der Waals surface area contributed by atoms with Gasteiger partial charge in [-0.2, -0.15) is 0 Å². The molecular weight excluding hydrogens is 422 g/mol. The van der Waals surface area contributed by atoms with Crippen LogP contribution in [-0.2, 0) is 6.42 Å². The number of nitrogens with zero attached hydrogens (tertiary/aromatic N) is 3. The Balaban J connectivity index is 1.28. The highest BCUT2D eigenvalue weighted by atomic mass is 16.6. The minimum Gasteiger partial charge on any atom is -0.485 e. The van der Waals surface area contributed by atoms with Crippen LogP contribution in [0.2, 0.25) is 0 Å². The maximum Gasteiger partial charge on any atom is 0.287 e. The van der Waals surface area contributed by atoms with Crippen LogP contribution >= 0.6 is 0 Å². The predicted molar refractivity (Wildman–Crippen MR) is 120 cm³/mol. The summed E-state index contributed by atoms with van der Waals surface area (Å²) in [7, 11) is 0. The molecule has 4 aromatic rings. The first-order chi connectivity index (χ1) is 16.1. The van der Waals surface area contributed by atoms with Crippen LogP contribution in [0.3, 0.4) is 0 Å². The second-order valence-electron chi connectivity index (χ2n) is 7.47. The minimum atomic E-state index is -0.496. The maximum absolute atomic E-state index is 10.8. The predicted octanol–water partition coefficient (Wildman–Crippen LogP) is 6.04. The largest absolute Gasteiger partial charge is 0.485 e. The molecule has 0 fully saturated rings. The number of rotatable bonds is 6. The first-order valence-electron chi connectivity index (χ1n) is 10.4. The van der Waals surface area contributed by atoms with Crippen molar-refractivity contribution in [3.63, 3.8) is 0 Å². The lowest BCUT2D eigenvalue weighted by Gasteiger charge is -2.27. The number of benzene rings is 2. The molecule has 1 aliphatic rings. The summed E-state index contributed by atoms with van der Waals surface area (Å²) in [5, 5.41) is 10.8. The van der Waals surface area contributed by atoms with Crippen LogP contribution in [0.4, 0.5) is 5.69 Å². The average Bonchev–Trinajstić information content (AvgIpc) is 2.85. The van der Waals surface area contributed by atoms with E-state index in [9.17, 15) is 10.1 Å². The zero-order valence-corrected chi connectivity index (χ0v) is 17.5. The molecule has 0 radical (unpaired) electrons. The Morgan fingerprint density at radius 3 is 2.52 bits per heavy atom. The summed E-state index contributed by atoms with van der Waals surface area (Å²) < 4.78 is 17.9. The van der Waals surface area contributed by atoms with Gasteiger partial charge in [0.05, 0.1) is 4.92 Å². The molecule has 1 atom stereocenters. The number of hydrogen-bond acceptors (Lipinski definition) is 7. The van der Waals surface area contributed by atoms with Gasteiger partial charge in [-0.15, -0.1) is 0 Å². The monoisotopic (exact) mass is 441 g/mol. The molecule has 0 N–H and O–H groups in total. The summed E-state index contributed by atoms with van der Waals surface area (Å²) in [6, 6.07) is 21.8. The highest BCUT2D eigenvalue weighted by Gasteiger charge is 2.22. The van der Waals surface area contributed by atoms with E-state index in [1.807, 2.05) is 54.6 Å². The van der Waals surface area contributed by atoms with Crippen molar-refractivity contribution in [2.24, 2.45) is 0 Å². The second-order valence-corrected chi connectivity index (χ2v) is 7.47. The standard InChI is InChI=1S/C25H19N3O5/c29-28(30)19-8-12-25(27-16-19)32-21-9-11-23-18(15-21)7-10-22(33-23)17-4-3-5-20(14-17)31-24-6-1-2-13-26-24/h1-6,8-9,11-16,22H,7,10H2. The van der Waals surface area contributed by atoms with Gasteiger partial charge in [0, 0.05) is 24.4 Å². The van der Waals surface area contributed by atoms with Gasteiger partial charge in [0.15, 0.2) is 0 Å². The van der Waals surface area contributed by atoms with Crippen molar-refractivity contribution in [2.75, 3.05) is 0 Å². The van der Waals surface area contributed by atoms with Crippen molar-refractivity contribution in [1.29, 1.82) is 0 Å². The van der Waals surface area contributed by atoms with Crippen molar-refractivity contribution in [3.05, 3.63) is 106 Å². The van der Waals surface area contributed by atoms with E-state index in [2.05, 4.69) is 9.97 Å². The Labute approximate surface area is 189 Å². The Kier molecular flexibility index (Phi) is 5.55. The Hall–Kier alpha value is -4.46. The summed E-state index contributed by atoms with van der Waals surface area (Å²) in [4.78, 5) is 18.4. The number of hydrogen-bond donors (Lipinski definition) is 0. The van der Waals surface area contributed by atoms with E-state index in [1.165, 1.54) is 18.3 Å². The highest BCUT2D eigenvalue weighted by Crippen LogP contribution is 2.38. The van der Waals surface area contributed by atoms with Crippen molar-refractivity contribution >= 4 is 5.69 Å². The number of nitro groups is 1. The number of ether oxygens (including phenoxy) is 3. The molecule has 164 valence electrons. The molecule has 5 rings (SSSR count). The fourth-order valence-corrected chi connectivity index (χ4v) is 3.63. The maximum atomic E-state index is 10.8. The lowest BCUT2D eigenvalue weighted by atomic mass is 9.97. The van der Waals surface area contributed by atoms with Gasteiger partial charge >= 0.3 is 0 Å². The average molecular weight is 441 g/mol. The molecule has 1 unspecified atom stereocenters. The van der Waals surface area contributed by atoms with Gasteiger partial charge in [0.25, 0.3) is 5.69 Å². The number of fused-ring (bicyclic) bond motifs is 1. The van der Waals surface area contributed by atoms with E-state index >= 15 is 0 Å². The van der Waals surface area contributed by atoms with Crippen molar-refractivity contribution < 1.29 is 19.1 Å². The zero-order valence-electron chi connectivity index (χ0n) is 17.5. The van der Waals surface area contributed by atoms with E-state index in [1.54, 1.807) is 12.3 Å².